The summed E-state index contributed by atoms with van der Waals surface area (Å²) < 4.78 is 37.2. The van der Waals surface area contributed by atoms with Gasteiger partial charge in [0.05, 0.1) is 30.2 Å². The van der Waals surface area contributed by atoms with Gasteiger partial charge in [0.15, 0.2) is 0 Å². The first-order chi connectivity index (χ1) is 16.5. The van der Waals surface area contributed by atoms with Crippen molar-refractivity contribution in [2.24, 2.45) is 0 Å². The third kappa shape index (κ3) is 5.37. The first-order valence-electron chi connectivity index (χ1n) is 11.7. The third-order valence-corrected chi connectivity index (χ3v) is 8.29. The number of nitrogens with zero attached hydrogens (tertiary/aromatic N) is 4. The normalized spacial score (nSPS) is 17.1. The molecule has 0 radical (unpaired) electrons. The van der Waals surface area contributed by atoms with E-state index in [1.165, 1.54) is 32.5 Å². The number of ether oxygens (including phenoxy) is 1. The molecule has 182 valence electrons. The molecular weight excluding hydrogens is 479 g/mol. The first-order valence-corrected chi connectivity index (χ1v) is 13.2. The topological polar surface area (TPSA) is 129 Å². The molecular formula is C23H29N6NaO4S. The summed E-state index contributed by atoms with van der Waals surface area (Å²) in [6, 6.07) is 3.09. The molecule has 1 fully saturated rings. The van der Waals surface area contributed by atoms with E-state index in [0.29, 0.717) is 31.7 Å². The van der Waals surface area contributed by atoms with Gasteiger partial charge in [-0.2, -0.15) is 18.8 Å². The van der Waals surface area contributed by atoms with Crippen LogP contribution in [0.3, 0.4) is 0 Å². The Morgan fingerprint density at radius 1 is 1.17 bits per heavy atom. The minimum atomic E-state index is -4.24. The molecule has 1 saturated heterocycles. The van der Waals surface area contributed by atoms with E-state index < -0.39 is 16.2 Å². The molecule has 35 heavy (non-hydrogen) atoms. The van der Waals surface area contributed by atoms with Crippen LogP contribution in [0.2, 0.25) is 0 Å². The Morgan fingerprint density at radius 2 is 1.83 bits per heavy atom. The summed E-state index contributed by atoms with van der Waals surface area (Å²) in [7, 11) is -4.24. The summed E-state index contributed by atoms with van der Waals surface area (Å²) in [5.74, 6) is 0. The van der Waals surface area contributed by atoms with E-state index in [1.54, 1.807) is 0 Å². The van der Waals surface area contributed by atoms with E-state index in [9.17, 15) is 13.2 Å². The molecule has 3 aliphatic rings. The number of fused-ring (bicyclic) bond motifs is 2. The Kier molecular flexibility index (Phi) is 8.08. The Hall–Kier alpha value is -2.10. The number of hydrogen-bond acceptors (Lipinski definition) is 6. The van der Waals surface area contributed by atoms with E-state index in [-0.39, 0.29) is 42.1 Å². The summed E-state index contributed by atoms with van der Waals surface area (Å²) in [6.45, 7) is 0.856. The fourth-order valence-corrected chi connectivity index (χ4v) is 6.72. The Balaban J connectivity index is 0.00000289. The van der Waals surface area contributed by atoms with Crippen LogP contribution in [0.5, 0.6) is 0 Å². The van der Waals surface area contributed by atoms with Gasteiger partial charge in [-0.15, -0.1) is 0 Å². The minimum absolute atomic E-state index is 0. The number of anilines is 2. The van der Waals surface area contributed by atoms with E-state index in [0.717, 1.165) is 55.3 Å². The van der Waals surface area contributed by atoms with Gasteiger partial charge < -0.3 is 10.1 Å². The Morgan fingerprint density at radius 3 is 2.46 bits per heavy atom. The van der Waals surface area contributed by atoms with Gasteiger partial charge in [0, 0.05) is 18.9 Å². The Labute approximate surface area is 227 Å². The average Bonchev–Trinajstić information content (AvgIpc) is 3.55. The molecule has 2 aromatic rings. The maximum absolute atomic E-state index is 13.5. The van der Waals surface area contributed by atoms with Gasteiger partial charge in [0.1, 0.15) is 6.54 Å². The fraction of sp³-hybridized carbons (Fsp3) is 0.522. The zero-order chi connectivity index (χ0) is 23.7. The van der Waals surface area contributed by atoms with Crippen molar-refractivity contribution < 1.29 is 17.9 Å². The van der Waals surface area contributed by atoms with Crippen LogP contribution >= 0.6 is 0 Å². The molecule has 5 rings (SSSR count). The fourth-order valence-electron chi connectivity index (χ4n) is 5.36. The summed E-state index contributed by atoms with van der Waals surface area (Å²) >= 11 is 0. The van der Waals surface area contributed by atoms with Gasteiger partial charge >= 0.3 is 45.8 Å². The number of aryl methyl sites for hydroxylation is 2. The van der Waals surface area contributed by atoms with E-state index in [4.69, 9.17) is 10.00 Å². The number of amides is 2. The Bertz CT molecular complexity index is 1220. The molecule has 0 atom stereocenters. The van der Waals surface area contributed by atoms with Crippen molar-refractivity contribution >= 4 is 57.2 Å². The van der Waals surface area contributed by atoms with Crippen molar-refractivity contribution in [3.05, 3.63) is 40.7 Å². The second-order valence-electron chi connectivity index (χ2n) is 8.99. The third-order valence-electron chi connectivity index (χ3n) is 6.82. The number of aromatic nitrogens is 2. The molecule has 10 nitrogen and oxygen atoms in total. The molecule has 0 bridgehead atoms. The van der Waals surface area contributed by atoms with Gasteiger partial charge in [0.25, 0.3) is 0 Å². The molecule has 0 spiro atoms. The average molecular weight is 509 g/mol. The number of carbonyl (C=O) groups is 1. The van der Waals surface area contributed by atoms with Crippen molar-refractivity contribution in [1.29, 1.82) is 5.26 Å². The molecule has 0 unspecified atom stereocenters. The number of nitrogens with one attached hydrogen (secondary N) is 2. The molecule has 1 aromatic carbocycles. The second kappa shape index (κ2) is 10.9. The quantitative estimate of drug-likeness (QED) is 0.573. The standard InChI is InChI=1S/C23H28N6O4S.Na.H/c24-9-10-28-15-19(14-25-28)29(18-7-11-33-12-8-18)34(31,32)27-23(30)26-22-20-5-1-3-16(20)13-17-4-2-6-21(17)22;;/h13-15,18H,1-8,10-12H2,(H2,26,27,30);;. The monoisotopic (exact) mass is 508 g/mol. The van der Waals surface area contributed by atoms with Crippen molar-refractivity contribution in [3.8, 4) is 6.07 Å². The van der Waals surface area contributed by atoms with Crippen LogP contribution in [-0.2, 0) is 47.2 Å². The van der Waals surface area contributed by atoms with Gasteiger partial charge in [-0.05, 0) is 73.6 Å². The van der Waals surface area contributed by atoms with Crippen LogP contribution < -0.4 is 14.3 Å². The van der Waals surface area contributed by atoms with Crippen LogP contribution in [0, 0.1) is 11.3 Å². The maximum atomic E-state index is 13.5. The number of benzene rings is 1. The summed E-state index contributed by atoms with van der Waals surface area (Å²) in [5.41, 5.74) is 5.87. The van der Waals surface area contributed by atoms with Gasteiger partial charge in [0.2, 0.25) is 0 Å². The van der Waals surface area contributed by atoms with Crippen LogP contribution in [0.25, 0.3) is 0 Å². The molecule has 2 N–H and O–H groups in total. The van der Waals surface area contributed by atoms with Crippen LogP contribution in [0.15, 0.2) is 18.5 Å². The molecule has 2 amide bonds. The van der Waals surface area contributed by atoms with Crippen molar-refractivity contribution in [1.82, 2.24) is 14.5 Å². The van der Waals surface area contributed by atoms with Gasteiger partial charge in [-0.3, -0.25) is 4.68 Å². The first kappa shape index (κ1) is 26.0. The zero-order valence-corrected chi connectivity index (χ0v) is 19.7. The molecule has 1 aromatic heterocycles. The number of urea groups is 1. The molecule has 0 saturated carbocycles. The zero-order valence-electron chi connectivity index (χ0n) is 18.9. The molecule has 1 aliphatic heterocycles. The van der Waals surface area contributed by atoms with Crippen molar-refractivity contribution in [2.45, 2.75) is 64.0 Å². The van der Waals surface area contributed by atoms with E-state index in [1.807, 2.05) is 6.07 Å². The second-order valence-corrected chi connectivity index (χ2v) is 10.5. The van der Waals surface area contributed by atoms with E-state index in [2.05, 4.69) is 21.2 Å². The molecule has 2 aliphatic carbocycles. The number of nitriles is 1. The van der Waals surface area contributed by atoms with Crippen molar-refractivity contribution in [2.75, 3.05) is 22.8 Å². The number of rotatable bonds is 6. The van der Waals surface area contributed by atoms with Crippen LogP contribution in [0.1, 0.15) is 47.9 Å². The van der Waals surface area contributed by atoms with Crippen LogP contribution in [0.4, 0.5) is 16.2 Å². The van der Waals surface area contributed by atoms with Crippen molar-refractivity contribution in [3.63, 3.8) is 0 Å². The SMILES string of the molecule is N#CCn1cc(N(C2CCOCC2)S(=O)(=O)NC(=O)Nc2c3c(cc4c2CCC4)CCC3)cn1.[NaH]. The number of hydrogen-bond donors (Lipinski definition) is 2. The number of carbonyl (C=O) groups excluding carboxylic acids is 1. The molecule has 2 heterocycles. The predicted octanol–water partition coefficient (Wildman–Crippen LogP) is 1.79. The summed E-state index contributed by atoms with van der Waals surface area (Å²) in [4.78, 5) is 13.0. The summed E-state index contributed by atoms with van der Waals surface area (Å²) in [5, 5.41) is 15.9. The molecule has 12 heteroatoms. The summed E-state index contributed by atoms with van der Waals surface area (Å²) in [6.07, 6.45) is 9.72. The van der Waals surface area contributed by atoms with Gasteiger partial charge in [-0.1, -0.05) is 6.07 Å². The predicted molar refractivity (Wildman–Crippen MR) is 133 cm³/mol. The van der Waals surface area contributed by atoms with Crippen LogP contribution in [-0.4, -0.2) is 73.0 Å². The van der Waals surface area contributed by atoms with Gasteiger partial charge in [-0.25, -0.2) is 13.8 Å². The van der Waals surface area contributed by atoms with E-state index >= 15 is 0 Å².